The van der Waals surface area contributed by atoms with E-state index in [2.05, 4.69) is 11.4 Å². The molecule has 0 amide bonds. The summed E-state index contributed by atoms with van der Waals surface area (Å²) in [4.78, 5) is 26.5. The van der Waals surface area contributed by atoms with Crippen molar-refractivity contribution >= 4 is 22.6 Å². The van der Waals surface area contributed by atoms with E-state index >= 15 is 4.39 Å². The molecule has 2 saturated heterocycles. The molecule has 29 heavy (non-hydrogen) atoms. The van der Waals surface area contributed by atoms with Crippen molar-refractivity contribution in [3.8, 4) is 6.07 Å². The van der Waals surface area contributed by atoms with Crippen molar-refractivity contribution < 1.29 is 14.3 Å². The predicted molar refractivity (Wildman–Crippen MR) is 105 cm³/mol. The molecule has 2 unspecified atom stereocenters. The number of nitrogens with one attached hydrogen (secondary N) is 1. The maximum absolute atomic E-state index is 15.6. The number of nitrogens with zero attached hydrogens (tertiary/aromatic N) is 3. The lowest BCUT2D eigenvalue weighted by Crippen LogP contribution is -2.51. The molecule has 1 aliphatic carbocycles. The summed E-state index contributed by atoms with van der Waals surface area (Å²) in [5.41, 5.74) is -0.266. The monoisotopic (exact) mass is 396 g/mol. The number of hydrogen-bond acceptors (Lipinski definition) is 5. The van der Waals surface area contributed by atoms with Gasteiger partial charge in [-0.2, -0.15) is 5.26 Å². The average molecular weight is 396 g/mol. The Hall–Kier alpha value is -2.92. The number of piperazine rings is 1. The first-order valence-corrected chi connectivity index (χ1v) is 9.96. The largest absolute Gasteiger partial charge is 0.477 e. The number of aromatic nitrogens is 1. The lowest BCUT2D eigenvalue weighted by atomic mass is 9.98. The van der Waals surface area contributed by atoms with Crippen molar-refractivity contribution in [1.82, 2.24) is 9.88 Å². The fourth-order valence-corrected chi connectivity index (χ4v) is 4.92. The molecule has 2 atom stereocenters. The zero-order valence-electron chi connectivity index (χ0n) is 16.0. The van der Waals surface area contributed by atoms with Gasteiger partial charge in [0.05, 0.1) is 16.6 Å². The number of carbonyl (C=O) groups is 1. The third-order valence-corrected chi connectivity index (χ3v) is 6.44. The van der Waals surface area contributed by atoms with Crippen LogP contribution < -0.4 is 15.6 Å². The quantitative estimate of drug-likeness (QED) is 0.826. The van der Waals surface area contributed by atoms with Crippen LogP contribution in [-0.2, 0) is 0 Å². The molecular formula is C21H21FN4O3. The topological polar surface area (TPSA) is 98.4 Å². The molecule has 8 heteroatoms. The first kappa shape index (κ1) is 18.1. The van der Waals surface area contributed by atoms with E-state index in [0.717, 1.165) is 25.7 Å². The van der Waals surface area contributed by atoms with Crippen LogP contribution in [0.4, 0.5) is 10.1 Å². The minimum absolute atomic E-state index is 0.00714. The molecule has 150 valence electrons. The Morgan fingerprint density at radius 1 is 1.28 bits per heavy atom. The zero-order valence-corrected chi connectivity index (χ0v) is 16.0. The van der Waals surface area contributed by atoms with E-state index in [9.17, 15) is 20.0 Å². The van der Waals surface area contributed by atoms with Crippen LogP contribution >= 0.6 is 0 Å². The van der Waals surface area contributed by atoms with Gasteiger partial charge < -0.3 is 19.9 Å². The molecule has 1 saturated carbocycles. The molecule has 1 aromatic carbocycles. The van der Waals surface area contributed by atoms with Gasteiger partial charge in [0.1, 0.15) is 17.2 Å². The minimum atomic E-state index is -1.34. The normalized spacial score (nSPS) is 23.4. The Morgan fingerprint density at radius 2 is 1.93 bits per heavy atom. The third-order valence-electron chi connectivity index (χ3n) is 6.44. The Balaban J connectivity index is 1.85. The number of halogens is 1. The van der Waals surface area contributed by atoms with Gasteiger partial charge in [-0.1, -0.05) is 0 Å². The van der Waals surface area contributed by atoms with Gasteiger partial charge >= 0.3 is 5.97 Å². The van der Waals surface area contributed by atoms with E-state index in [1.54, 1.807) is 4.57 Å². The first-order chi connectivity index (χ1) is 13.9. The summed E-state index contributed by atoms with van der Waals surface area (Å²) < 4.78 is 17.3. The number of nitriles is 1. The Labute approximate surface area is 166 Å². The van der Waals surface area contributed by atoms with Gasteiger partial charge in [-0.3, -0.25) is 4.79 Å². The molecular weight excluding hydrogens is 375 g/mol. The number of pyridine rings is 1. The van der Waals surface area contributed by atoms with Crippen LogP contribution in [0.25, 0.3) is 10.9 Å². The molecule has 0 radical (unpaired) electrons. The van der Waals surface area contributed by atoms with Crippen LogP contribution in [0, 0.1) is 24.1 Å². The highest BCUT2D eigenvalue weighted by atomic mass is 19.1. The number of hydrogen-bond donors (Lipinski definition) is 2. The van der Waals surface area contributed by atoms with E-state index in [4.69, 9.17) is 0 Å². The maximum atomic E-state index is 15.6. The molecule has 7 nitrogen and oxygen atoms in total. The minimum Gasteiger partial charge on any atom is -0.477 e. The number of benzene rings is 1. The SMILES string of the molecule is Cc1c(F)c(N2CC3CCC(C2)N3)c(C#N)c2c1c(=O)c(C(=O)O)cn2C1CC1. The van der Waals surface area contributed by atoms with Crippen LogP contribution in [0.2, 0.25) is 0 Å². The number of carboxylic acids is 1. The molecule has 0 spiro atoms. The van der Waals surface area contributed by atoms with Gasteiger partial charge in [0.15, 0.2) is 5.82 Å². The van der Waals surface area contributed by atoms with Gasteiger partial charge in [-0.15, -0.1) is 0 Å². The van der Waals surface area contributed by atoms with E-state index in [0.29, 0.717) is 18.6 Å². The molecule has 1 aromatic heterocycles. The second-order valence-electron chi connectivity index (χ2n) is 8.36. The molecule has 3 fully saturated rings. The van der Waals surface area contributed by atoms with E-state index in [1.165, 1.54) is 13.1 Å². The van der Waals surface area contributed by atoms with Gasteiger partial charge in [-0.05, 0) is 32.6 Å². The Bertz CT molecular complexity index is 1150. The van der Waals surface area contributed by atoms with Crippen LogP contribution in [0.1, 0.15) is 53.2 Å². The summed E-state index contributed by atoms with van der Waals surface area (Å²) in [6.07, 6.45) is 5.04. The third kappa shape index (κ3) is 2.64. The van der Waals surface area contributed by atoms with Crippen LogP contribution in [0.3, 0.4) is 0 Å². The lowest BCUT2D eigenvalue weighted by Gasteiger charge is -2.36. The molecule has 2 aliphatic heterocycles. The Kier molecular flexibility index (Phi) is 3.93. The highest BCUT2D eigenvalue weighted by Gasteiger charge is 2.37. The second kappa shape index (κ2) is 6.29. The Morgan fingerprint density at radius 3 is 2.48 bits per heavy atom. The second-order valence-corrected chi connectivity index (χ2v) is 8.36. The zero-order chi connectivity index (χ0) is 20.4. The molecule has 3 aliphatic rings. The van der Waals surface area contributed by atoms with Crippen molar-refractivity contribution in [2.24, 2.45) is 0 Å². The summed E-state index contributed by atoms with van der Waals surface area (Å²) in [6, 6.07) is 2.69. The highest BCUT2D eigenvalue weighted by molar-refractivity contribution is 5.98. The van der Waals surface area contributed by atoms with Gasteiger partial charge in [0.2, 0.25) is 5.43 Å². The van der Waals surface area contributed by atoms with Crippen LogP contribution in [-0.4, -0.2) is 40.8 Å². The average Bonchev–Trinajstić information content (AvgIpc) is 3.48. The van der Waals surface area contributed by atoms with Crippen LogP contribution in [0.15, 0.2) is 11.0 Å². The summed E-state index contributed by atoms with van der Waals surface area (Å²) >= 11 is 0. The number of aryl methyl sites for hydroxylation is 1. The van der Waals surface area contributed by atoms with Gasteiger partial charge in [0.25, 0.3) is 0 Å². The van der Waals surface area contributed by atoms with Crippen molar-refractivity contribution in [2.45, 2.75) is 50.7 Å². The highest BCUT2D eigenvalue weighted by Crippen LogP contribution is 2.42. The van der Waals surface area contributed by atoms with E-state index in [-0.39, 0.29) is 45.9 Å². The fraction of sp³-hybridized carbons (Fsp3) is 0.476. The van der Waals surface area contributed by atoms with Gasteiger partial charge in [0, 0.05) is 43.0 Å². The number of aromatic carboxylic acids is 1. The van der Waals surface area contributed by atoms with E-state index < -0.39 is 17.2 Å². The molecule has 5 rings (SSSR count). The molecule has 2 bridgehead atoms. The van der Waals surface area contributed by atoms with Gasteiger partial charge in [-0.25, -0.2) is 9.18 Å². The van der Waals surface area contributed by atoms with Crippen LogP contribution in [0.5, 0.6) is 0 Å². The number of fused-ring (bicyclic) bond motifs is 3. The van der Waals surface area contributed by atoms with Crippen molar-refractivity contribution in [3.63, 3.8) is 0 Å². The molecule has 2 aromatic rings. The smallest absolute Gasteiger partial charge is 0.341 e. The summed E-state index contributed by atoms with van der Waals surface area (Å²) in [5, 5.41) is 23.0. The number of rotatable bonds is 3. The standard InChI is InChI=1S/C21H21FN4O3/c1-10-16-18(26(13-4-5-13)9-15(20(16)27)21(28)29)14(6-23)19(17(10)22)25-7-11-2-3-12(8-25)24-11/h9,11-13,24H,2-5,7-8H2,1H3,(H,28,29). The predicted octanol–water partition coefficient (Wildman–Crippen LogP) is 2.29. The maximum Gasteiger partial charge on any atom is 0.341 e. The fourth-order valence-electron chi connectivity index (χ4n) is 4.92. The van der Waals surface area contributed by atoms with Crippen molar-refractivity contribution in [3.05, 3.63) is 38.9 Å². The summed E-state index contributed by atoms with van der Waals surface area (Å²) in [7, 11) is 0. The number of carboxylic acid groups (broad SMARTS) is 1. The molecule has 2 N–H and O–H groups in total. The van der Waals surface area contributed by atoms with Crippen molar-refractivity contribution in [1.29, 1.82) is 5.26 Å². The van der Waals surface area contributed by atoms with E-state index in [1.807, 2.05) is 4.90 Å². The first-order valence-electron chi connectivity index (χ1n) is 9.96. The molecule has 3 heterocycles. The number of anilines is 1. The summed E-state index contributed by atoms with van der Waals surface area (Å²) in [6.45, 7) is 2.71. The summed E-state index contributed by atoms with van der Waals surface area (Å²) in [5.74, 6) is -1.94. The lowest BCUT2D eigenvalue weighted by molar-refractivity contribution is 0.0695. The van der Waals surface area contributed by atoms with Crippen molar-refractivity contribution in [2.75, 3.05) is 18.0 Å².